The summed E-state index contributed by atoms with van der Waals surface area (Å²) in [6, 6.07) is 9.02. The summed E-state index contributed by atoms with van der Waals surface area (Å²) >= 11 is 0. The Kier molecular flexibility index (Phi) is 5.75. The van der Waals surface area contributed by atoms with E-state index in [1.807, 2.05) is 6.92 Å². The van der Waals surface area contributed by atoms with Crippen LogP contribution in [0.1, 0.15) is 52.9 Å². The maximum absolute atomic E-state index is 5.48. The second-order valence-corrected chi connectivity index (χ2v) is 6.31. The average Bonchev–Trinajstić information content (AvgIpc) is 2.67. The molecule has 1 N–H and O–H groups in total. The fourth-order valence-electron chi connectivity index (χ4n) is 3.19. The van der Waals surface area contributed by atoms with Gasteiger partial charge in [0.25, 0.3) is 0 Å². The molecule has 0 bridgehead atoms. The van der Waals surface area contributed by atoms with Crippen LogP contribution in [0.5, 0.6) is 5.75 Å². The van der Waals surface area contributed by atoms with E-state index in [2.05, 4.69) is 43.4 Å². The number of anilines is 1. The van der Waals surface area contributed by atoms with E-state index in [1.165, 1.54) is 37.8 Å². The molecule has 0 heterocycles. The van der Waals surface area contributed by atoms with Crippen LogP contribution in [0.15, 0.2) is 24.3 Å². The highest BCUT2D eigenvalue weighted by Gasteiger charge is 2.20. The van der Waals surface area contributed by atoms with Gasteiger partial charge in [0.05, 0.1) is 6.61 Å². The number of benzene rings is 1. The molecule has 1 saturated carbocycles. The fourth-order valence-corrected chi connectivity index (χ4v) is 3.19. The van der Waals surface area contributed by atoms with Crippen LogP contribution in [0, 0.1) is 11.8 Å². The molecule has 1 aromatic carbocycles. The Morgan fingerprint density at radius 2 is 1.85 bits per heavy atom. The van der Waals surface area contributed by atoms with Crippen molar-refractivity contribution in [2.24, 2.45) is 11.8 Å². The third kappa shape index (κ3) is 4.43. The maximum Gasteiger partial charge on any atom is 0.119 e. The molecule has 1 aliphatic carbocycles. The Morgan fingerprint density at radius 3 is 2.50 bits per heavy atom. The Morgan fingerprint density at radius 1 is 1.10 bits per heavy atom. The van der Waals surface area contributed by atoms with Crippen LogP contribution < -0.4 is 10.1 Å². The van der Waals surface area contributed by atoms with Crippen LogP contribution in [0.2, 0.25) is 0 Å². The van der Waals surface area contributed by atoms with Crippen molar-refractivity contribution in [1.29, 1.82) is 0 Å². The first-order valence-corrected chi connectivity index (χ1v) is 8.18. The second kappa shape index (κ2) is 7.56. The van der Waals surface area contributed by atoms with Crippen LogP contribution in [0.4, 0.5) is 5.69 Å². The van der Waals surface area contributed by atoms with Crippen LogP contribution in [0.25, 0.3) is 0 Å². The van der Waals surface area contributed by atoms with Gasteiger partial charge in [0.2, 0.25) is 0 Å². The van der Waals surface area contributed by atoms with Gasteiger partial charge in [-0.2, -0.15) is 0 Å². The van der Waals surface area contributed by atoms with Crippen molar-refractivity contribution in [2.45, 2.75) is 58.9 Å². The molecule has 2 nitrogen and oxygen atoms in total. The molecular weight excluding hydrogens is 246 g/mol. The zero-order valence-electron chi connectivity index (χ0n) is 13.2. The molecule has 1 aliphatic rings. The molecule has 2 heteroatoms. The molecular formula is C18H29NO. The third-order valence-corrected chi connectivity index (χ3v) is 4.49. The van der Waals surface area contributed by atoms with Gasteiger partial charge in [0, 0.05) is 11.7 Å². The molecule has 0 aromatic heterocycles. The molecule has 2 rings (SSSR count). The van der Waals surface area contributed by atoms with E-state index in [1.54, 1.807) is 0 Å². The zero-order valence-corrected chi connectivity index (χ0v) is 13.2. The van der Waals surface area contributed by atoms with E-state index < -0.39 is 0 Å². The van der Waals surface area contributed by atoms with E-state index >= 15 is 0 Å². The van der Waals surface area contributed by atoms with Crippen molar-refractivity contribution < 1.29 is 4.74 Å². The van der Waals surface area contributed by atoms with Crippen molar-refractivity contribution in [3.63, 3.8) is 0 Å². The monoisotopic (exact) mass is 275 g/mol. The predicted octanol–water partition coefficient (Wildman–Crippen LogP) is 5.10. The first-order valence-electron chi connectivity index (χ1n) is 8.18. The lowest BCUT2D eigenvalue weighted by atomic mass is 9.89. The Labute approximate surface area is 123 Å². The van der Waals surface area contributed by atoms with E-state index in [4.69, 9.17) is 4.74 Å². The molecule has 0 radical (unpaired) electrons. The third-order valence-electron chi connectivity index (χ3n) is 4.49. The predicted molar refractivity (Wildman–Crippen MR) is 86.4 cm³/mol. The molecule has 0 amide bonds. The SMILES string of the molecule is CCOc1ccc(NC2CCCC(C(C)C)CC2)cc1. The van der Waals surface area contributed by atoms with Gasteiger partial charge in [-0.15, -0.1) is 0 Å². The minimum atomic E-state index is 0.636. The number of hydrogen-bond acceptors (Lipinski definition) is 2. The standard InChI is InChI=1S/C18H29NO/c1-4-20-18-12-10-17(11-13-18)19-16-7-5-6-15(8-9-16)14(2)3/h10-16,19H,4-9H2,1-3H3. The smallest absolute Gasteiger partial charge is 0.119 e. The van der Waals surface area contributed by atoms with Crippen molar-refractivity contribution in [2.75, 3.05) is 11.9 Å². The van der Waals surface area contributed by atoms with Crippen molar-refractivity contribution in [3.05, 3.63) is 24.3 Å². The molecule has 2 atom stereocenters. The quantitative estimate of drug-likeness (QED) is 0.755. The lowest BCUT2D eigenvalue weighted by Crippen LogP contribution is -2.18. The van der Waals surface area contributed by atoms with Crippen LogP contribution >= 0.6 is 0 Å². The highest BCUT2D eigenvalue weighted by atomic mass is 16.5. The van der Waals surface area contributed by atoms with Gasteiger partial charge in [-0.05, 0) is 62.3 Å². The van der Waals surface area contributed by atoms with E-state index in [9.17, 15) is 0 Å². The van der Waals surface area contributed by atoms with Gasteiger partial charge in [0.15, 0.2) is 0 Å². The van der Waals surface area contributed by atoms with Gasteiger partial charge < -0.3 is 10.1 Å². The molecule has 2 unspecified atom stereocenters. The summed E-state index contributed by atoms with van der Waals surface area (Å²) in [5, 5.41) is 3.69. The Balaban J connectivity index is 1.86. The molecule has 0 spiro atoms. The molecule has 0 aliphatic heterocycles. The summed E-state index contributed by atoms with van der Waals surface area (Å²) in [5.74, 6) is 2.71. The molecule has 1 fully saturated rings. The molecule has 1 aromatic rings. The molecule has 0 saturated heterocycles. The highest BCUT2D eigenvalue weighted by Crippen LogP contribution is 2.30. The van der Waals surface area contributed by atoms with Gasteiger partial charge in [-0.1, -0.05) is 26.7 Å². The van der Waals surface area contributed by atoms with Gasteiger partial charge >= 0.3 is 0 Å². The maximum atomic E-state index is 5.48. The van der Waals surface area contributed by atoms with Crippen LogP contribution in [-0.2, 0) is 0 Å². The normalized spacial score (nSPS) is 23.4. The molecule has 112 valence electrons. The lowest BCUT2D eigenvalue weighted by Gasteiger charge is -2.20. The van der Waals surface area contributed by atoms with Gasteiger partial charge in [-0.25, -0.2) is 0 Å². The van der Waals surface area contributed by atoms with Crippen molar-refractivity contribution in [3.8, 4) is 5.75 Å². The first-order chi connectivity index (χ1) is 9.69. The summed E-state index contributed by atoms with van der Waals surface area (Å²) in [5.41, 5.74) is 1.22. The summed E-state index contributed by atoms with van der Waals surface area (Å²) in [6.07, 6.45) is 6.73. The second-order valence-electron chi connectivity index (χ2n) is 6.31. The van der Waals surface area contributed by atoms with E-state index in [-0.39, 0.29) is 0 Å². The number of nitrogens with one attached hydrogen (secondary N) is 1. The van der Waals surface area contributed by atoms with Gasteiger partial charge in [0.1, 0.15) is 5.75 Å². The summed E-state index contributed by atoms with van der Waals surface area (Å²) < 4.78 is 5.48. The number of rotatable bonds is 5. The lowest BCUT2D eigenvalue weighted by molar-refractivity contribution is 0.340. The highest BCUT2D eigenvalue weighted by molar-refractivity contribution is 5.47. The minimum Gasteiger partial charge on any atom is -0.494 e. The topological polar surface area (TPSA) is 21.3 Å². The summed E-state index contributed by atoms with van der Waals surface area (Å²) in [6.45, 7) is 7.48. The summed E-state index contributed by atoms with van der Waals surface area (Å²) in [7, 11) is 0. The van der Waals surface area contributed by atoms with E-state index in [0.29, 0.717) is 6.04 Å². The fraction of sp³-hybridized carbons (Fsp3) is 0.667. The summed E-state index contributed by atoms with van der Waals surface area (Å²) in [4.78, 5) is 0. The number of hydrogen-bond donors (Lipinski definition) is 1. The Hall–Kier alpha value is -1.18. The largest absolute Gasteiger partial charge is 0.494 e. The number of ether oxygens (including phenoxy) is 1. The van der Waals surface area contributed by atoms with Crippen LogP contribution in [-0.4, -0.2) is 12.6 Å². The van der Waals surface area contributed by atoms with E-state index in [0.717, 1.165) is 24.2 Å². The zero-order chi connectivity index (χ0) is 14.4. The molecule has 20 heavy (non-hydrogen) atoms. The Bertz CT molecular complexity index is 385. The van der Waals surface area contributed by atoms with Crippen LogP contribution in [0.3, 0.4) is 0 Å². The minimum absolute atomic E-state index is 0.636. The van der Waals surface area contributed by atoms with Gasteiger partial charge in [-0.3, -0.25) is 0 Å². The first kappa shape index (κ1) is 15.2. The average molecular weight is 275 g/mol. The van der Waals surface area contributed by atoms with Crippen molar-refractivity contribution >= 4 is 5.69 Å². The van der Waals surface area contributed by atoms with Crippen molar-refractivity contribution in [1.82, 2.24) is 0 Å².